The highest BCUT2D eigenvalue weighted by Crippen LogP contribution is 2.26. The van der Waals surface area contributed by atoms with Gasteiger partial charge in [0.2, 0.25) is 0 Å². The number of methoxy groups -OCH3 is 1. The van der Waals surface area contributed by atoms with E-state index in [1.807, 2.05) is 6.92 Å². The summed E-state index contributed by atoms with van der Waals surface area (Å²) in [5, 5.41) is 2.81. The third kappa shape index (κ3) is 4.33. The molecule has 0 bridgehead atoms. The highest BCUT2D eigenvalue weighted by molar-refractivity contribution is 6.08. The first-order valence-corrected chi connectivity index (χ1v) is 7.86. The monoisotopic (exact) mass is 365 g/mol. The van der Waals surface area contributed by atoms with E-state index in [0.29, 0.717) is 40.5 Å². The van der Waals surface area contributed by atoms with E-state index in [0.717, 1.165) is 12.0 Å². The van der Waals surface area contributed by atoms with Crippen LogP contribution in [0.25, 0.3) is 0 Å². The van der Waals surface area contributed by atoms with E-state index in [-0.39, 0.29) is 24.1 Å². The summed E-state index contributed by atoms with van der Waals surface area (Å²) in [4.78, 5) is 27.6. The second kappa shape index (κ2) is 8.58. The molecule has 0 atom stereocenters. The number of ketones is 1. The van der Waals surface area contributed by atoms with Crippen LogP contribution >= 0.6 is 12.4 Å². The number of nitrogens with two attached hydrogens (primary N) is 1. The topological polar surface area (TPSA) is 97.2 Å². The van der Waals surface area contributed by atoms with Gasteiger partial charge in [-0.15, -0.1) is 12.4 Å². The number of aromatic nitrogens is 1. The maximum atomic E-state index is 12.6. The minimum absolute atomic E-state index is 0. The molecule has 0 saturated carbocycles. The number of H-pyrrole nitrogens is 1. The van der Waals surface area contributed by atoms with Gasteiger partial charge in [-0.3, -0.25) is 9.59 Å². The van der Waals surface area contributed by atoms with E-state index >= 15 is 0 Å². The van der Waals surface area contributed by atoms with Crippen LogP contribution in [-0.2, 0) is 6.42 Å². The van der Waals surface area contributed by atoms with E-state index in [2.05, 4.69) is 10.3 Å². The zero-order chi connectivity index (χ0) is 17.9. The van der Waals surface area contributed by atoms with Crippen LogP contribution in [0.5, 0.6) is 5.75 Å². The number of benzene rings is 1. The molecule has 1 heterocycles. The second-order valence-corrected chi connectivity index (χ2v) is 5.70. The highest BCUT2D eigenvalue weighted by atomic mass is 35.5. The molecule has 0 radical (unpaired) electrons. The van der Waals surface area contributed by atoms with E-state index in [1.165, 1.54) is 14.0 Å². The van der Waals surface area contributed by atoms with Crippen molar-refractivity contribution in [2.45, 2.75) is 33.6 Å². The Kier molecular flexibility index (Phi) is 7.06. The summed E-state index contributed by atoms with van der Waals surface area (Å²) in [5.41, 5.74) is 9.38. The van der Waals surface area contributed by atoms with Crippen molar-refractivity contribution < 1.29 is 14.3 Å². The van der Waals surface area contributed by atoms with Gasteiger partial charge in [-0.1, -0.05) is 13.3 Å². The van der Waals surface area contributed by atoms with E-state index in [9.17, 15) is 9.59 Å². The molecule has 0 spiro atoms. The predicted octanol–water partition coefficient (Wildman–Crippen LogP) is 3.74. The summed E-state index contributed by atoms with van der Waals surface area (Å²) in [6.45, 7) is 5.33. The molecule has 2 aromatic rings. The smallest absolute Gasteiger partial charge is 0.272 e. The number of anilines is 2. The van der Waals surface area contributed by atoms with Crippen molar-refractivity contribution in [3.63, 3.8) is 0 Å². The molecular formula is C18H24ClN3O3. The lowest BCUT2D eigenvalue weighted by Crippen LogP contribution is -2.15. The van der Waals surface area contributed by atoms with Crippen molar-refractivity contribution in [2.24, 2.45) is 0 Å². The van der Waals surface area contributed by atoms with Crippen LogP contribution in [0.4, 0.5) is 11.4 Å². The summed E-state index contributed by atoms with van der Waals surface area (Å²) < 4.78 is 5.10. The van der Waals surface area contributed by atoms with Crippen molar-refractivity contribution in [2.75, 3.05) is 18.2 Å². The van der Waals surface area contributed by atoms with Crippen LogP contribution in [0.1, 0.15) is 52.4 Å². The molecule has 25 heavy (non-hydrogen) atoms. The third-order valence-corrected chi connectivity index (χ3v) is 3.86. The Morgan fingerprint density at radius 1 is 1.32 bits per heavy atom. The number of hydrogen-bond donors (Lipinski definition) is 3. The van der Waals surface area contributed by atoms with E-state index in [1.54, 1.807) is 25.1 Å². The van der Waals surface area contributed by atoms with Gasteiger partial charge >= 0.3 is 0 Å². The molecule has 4 N–H and O–H groups in total. The average molecular weight is 366 g/mol. The third-order valence-electron chi connectivity index (χ3n) is 3.86. The number of ether oxygens (including phenoxy) is 1. The lowest BCUT2D eigenvalue weighted by molar-refractivity contribution is 0.101. The standard InChI is InChI=1S/C18H23N3O3.ClH/c1-5-6-13-16(11(3)22)10(2)20-17(13)18(23)21-12-7-8-15(24-4)14(19)9-12;/h7-9,20H,5-6,19H2,1-4H3,(H,21,23);1H. The Morgan fingerprint density at radius 3 is 2.52 bits per heavy atom. The summed E-state index contributed by atoms with van der Waals surface area (Å²) in [5.74, 6) is 0.216. The number of Topliss-reactive ketones (excluding diaryl/α,β-unsaturated/α-hetero) is 1. The predicted molar refractivity (Wildman–Crippen MR) is 102 cm³/mol. The Labute approximate surface area is 153 Å². The van der Waals surface area contributed by atoms with Gasteiger partial charge in [0, 0.05) is 16.9 Å². The minimum Gasteiger partial charge on any atom is -0.495 e. The van der Waals surface area contributed by atoms with E-state index in [4.69, 9.17) is 10.5 Å². The molecule has 6 nitrogen and oxygen atoms in total. The SMILES string of the molecule is CCCc1c(C(=O)Nc2ccc(OC)c(N)c2)[nH]c(C)c1C(C)=O.Cl. The largest absolute Gasteiger partial charge is 0.495 e. The number of carbonyl (C=O) groups is 2. The molecule has 0 unspecified atom stereocenters. The highest BCUT2D eigenvalue weighted by Gasteiger charge is 2.22. The van der Waals surface area contributed by atoms with Crippen molar-refractivity contribution in [1.82, 2.24) is 4.98 Å². The molecule has 0 aliphatic heterocycles. The van der Waals surface area contributed by atoms with Gasteiger partial charge in [-0.2, -0.15) is 0 Å². The Hall–Kier alpha value is -2.47. The molecule has 1 aromatic heterocycles. The van der Waals surface area contributed by atoms with Gasteiger partial charge in [-0.25, -0.2) is 0 Å². The fraction of sp³-hybridized carbons (Fsp3) is 0.333. The summed E-state index contributed by atoms with van der Waals surface area (Å²) in [6, 6.07) is 5.05. The Balaban J connectivity index is 0.00000312. The average Bonchev–Trinajstić information content (AvgIpc) is 2.84. The van der Waals surface area contributed by atoms with Gasteiger partial charge in [0.25, 0.3) is 5.91 Å². The van der Waals surface area contributed by atoms with Crippen molar-refractivity contribution in [3.05, 3.63) is 40.7 Å². The van der Waals surface area contributed by atoms with Gasteiger partial charge < -0.3 is 20.8 Å². The number of rotatable bonds is 6. The summed E-state index contributed by atoms with van der Waals surface area (Å²) in [6.07, 6.45) is 1.50. The number of halogens is 1. The molecule has 136 valence electrons. The van der Waals surface area contributed by atoms with Crippen LogP contribution < -0.4 is 15.8 Å². The van der Waals surface area contributed by atoms with Gasteiger partial charge in [0.05, 0.1) is 12.8 Å². The number of nitrogen functional groups attached to an aromatic ring is 1. The Morgan fingerprint density at radius 2 is 2.00 bits per heavy atom. The maximum absolute atomic E-state index is 12.6. The fourth-order valence-corrected chi connectivity index (χ4v) is 2.85. The quantitative estimate of drug-likeness (QED) is 0.536. The van der Waals surface area contributed by atoms with Gasteiger partial charge in [-0.05, 0) is 44.0 Å². The lowest BCUT2D eigenvalue weighted by Gasteiger charge is -2.09. The minimum atomic E-state index is -0.293. The van der Waals surface area contributed by atoms with E-state index < -0.39 is 0 Å². The lowest BCUT2D eigenvalue weighted by atomic mass is 10.0. The molecule has 1 aromatic carbocycles. The van der Waals surface area contributed by atoms with Gasteiger partial charge in [0.1, 0.15) is 11.4 Å². The molecule has 0 fully saturated rings. The van der Waals surface area contributed by atoms with Crippen LogP contribution in [0.2, 0.25) is 0 Å². The molecule has 0 saturated heterocycles. The number of hydrogen-bond acceptors (Lipinski definition) is 4. The van der Waals surface area contributed by atoms with Crippen molar-refractivity contribution in [1.29, 1.82) is 0 Å². The molecule has 0 aliphatic rings. The fourth-order valence-electron chi connectivity index (χ4n) is 2.85. The number of aromatic amines is 1. The zero-order valence-corrected chi connectivity index (χ0v) is 15.7. The van der Waals surface area contributed by atoms with Crippen molar-refractivity contribution in [3.8, 4) is 5.75 Å². The Bertz CT molecular complexity index is 784. The molecular weight excluding hydrogens is 342 g/mol. The maximum Gasteiger partial charge on any atom is 0.272 e. The van der Waals surface area contributed by atoms with Crippen molar-refractivity contribution >= 4 is 35.5 Å². The molecule has 2 rings (SSSR count). The van der Waals surface area contributed by atoms with Crippen LogP contribution in [0.15, 0.2) is 18.2 Å². The number of aryl methyl sites for hydroxylation is 1. The molecule has 1 amide bonds. The number of carbonyl (C=O) groups excluding carboxylic acids is 2. The number of nitrogens with one attached hydrogen (secondary N) is 2. The van der Waals surface area contributed by atoms with Crippen LogP contribution in [-0.4, -0.2) is 23.8 Å². The van der Waals surface area contributed by atoms with Gasteiger partial charge in [0.15, 0.2) is 5.78 Å². The van der Waals surface area contributed by atoms with Crippen LogP contribution in [0, 0.1) is 6.92 Å². The second-order valence-electron chi connectivity index (χ2n) is 5.70. The van der Waals surface area contributed by atoms with Crippen LogP contribution in [0.3, 0.4) is 0 Å². The summed E-state index contributed by atoms with van der Waals surface area (Å²) >= 11 is 0. The zero-order valence-electron chi connectivity index (χ0n) is 14.9. The first-order chi connectivity index (χ1) is 11.4. The number of amides is 1. The first-order valence-electron chi connectivity index (χ1n) is 7.86. The normalized spacial score (nSPS) is 10.1. The molecule has 0 aliphatic carbocycles. The summed E-state index contributed by atoms with van der Waals surface area (Å²) in [7, 11) is 1.53. The first kappa shape index (κ1) is 20.6. The molecule has 7 heteroatoms.